The maximum atomic E-state index is 4.95. The lowest BCUT2D eigenvalue weighted by Gasteiger charge is -2.06. The van der Waals surface area contributed by atoms with E-state index in [4.69, 9.17) is 10.1 Å². The van der Waals surface area contributed by atoms with Gasteiger partial charge in [-0.1, -0.05) is 46.3 Å². The van der Waals surface area contributed by atoms with Gasteiger partial charge in [0.05, 0.1) is 23.3 Å². The predicted octanol–water partition coefficient (Wildman–Crippen LogP) is 6.04. The number of para-hydroxylation sites is 1. The summed E-state index contributed by atoms with van der Waals surface area (Å²) in [5, 5.41) is 6.83. The van der Waals surface area contributed by atoms with E-state index in [0.717, 1.165) is 43.0 Å². The lowest BCUT2D eigenvalue weighted by Crippen LogP contribution is -2.12. The molecule has 0 unspecified atom stereocenters. The van der Waals surface area contributed by atoms with Crippen LogP contribution < -0.4 is 4.80 Å². The van der Waals surface area contributed by atoms with Gasteiger partial charge in [0, 0.05) is 21.6 Å². The van der Waals surface area contributed by atoms with Crippen LogP contribution in [0.1, 0.15) is 16.8 Å². The van der Waals surface area contributed by atoms with E-state index in [1.54, 1.807) is 11.3 Å². The molecule has 0 amide bonds. The van der Waals surface area contributed by atoms with Crippen LogP contribution in [0.3, 0.4) is 0 Å². The zero-order chi connectivity index (χ0) is 19.5. The molecule has 0 aliphatic rings. The minimum Gasteiger partial charge on any atom is -0.360 e. The van der Waals surface area contributed by atoms with Gasteiger partial charge in [0.1, 0.15) is 0 Å². The minimum atomic E-state index is 0.829. The fourth-order valence-electron chi connectivity index (χ4n) is 2.96. The van der Waals surface area contributed by atoms with Crippen molar-refractivity contribution in [3.05, 3.63) is 92.3 Å². The molecule has 2 aromatic carbocycles. The molecule has 0 saturated heterocycles. The highest BCUT2D eigenvalue weighted by atomic mass is 79.9. The van der Waals surface area contributed by atoms with Crippen molar-refractivity contribution in [1.29, 1.82) is 0 Å². The Labute approximate surface area is 176 Å². The molecule has 4 nitrogen and oxygen atoms in total. The molecule has 1 N–H and O–H groups in total. The number of benzene rings is 2. The molecule has 140 valence electrons. The van der Waals surface area contributed by atoms with E-state index >= 15 is 0 Å². The standard InChI is InChI=1S/C22H19BrN4S/c1-15-6-3-7-16(2)21(15)26-22-27(25-13-19-10-5-11-24-19)20(14-28-22)17-8-4-9-18(23)12-17/h3-14,24H,1-2H3. The van der Waals surface area contributed by atoms with Gasteiger partial charge in [0.25, 0.3) is 0 Å². The molecular formula is C22H19BrN4S. The first-order valence-corrected chi connectivity index (χ1v) is 10.5. The van der Waals surface area contributed by atoms with Crippen molar-refractivity contribution in [3.63, 3.8) is 0 Å². The molecule has 0 radical (unpaired) electrons. The minimum absolute atomic E-state index is 0.829. The van der Waals surface area contributed by atoms with Gasteiger partial charge in [-0.05, 0) is 49.2 Å². The largest absolute Gasteiger partial charge is 0.360 e. The Morgan fingerprint density at radius 3 is 2.54 bits per heavy atom. The molecule has 0 saturated carbocycles. The third-order valence-electron chi connectivity index (χ3n) is 4.39. The molecule has 4 rings (SSSR count). The smallest absolute Gasteiger partial charge is 0.211 e. The topological polar surface area (TPSA) is 45.4 Å². The number of aromatic amines is 1. The summed E-state index contributed by atoms with van der Waals surface area (Å²) in [5.74, 6) is 0. The van der Waals surface area contributed by atoms with E-state index in [2.05, 4.69) is 70.5 Å². The summed E-state index contributed by atoms with van der Waals surface area (Å²) < 4.78 is 2.93. The summed E-state index contributed by atoms with van der Waals surface area (Å²) in [6.07, 6.45) is 3.70. The number of nitrogens with zero attached hydrogens (tertiary/aromatic N) is 3. The number of hydrogen-bond acceptors (Lipinski definition) is 3. The third-order valence-corrected chi connectivity index (χ3v) is 5.70. The van der Waals surface area contributed by atoms with Gasteiger partial charge >= 0.3 is 0 Å². The van der Waals surface area contributed by atoms with Crippen molar-refractivity contribution in [2.75, 3.05) is 0 Å². The van der Waals surface area contributed by atoms with E-state index in [9.17, 15) is 0 Å². The van der Waals surface area contributed by atoms with E-state index < -0.39 is 0 Å². The molecule has 28 heavy (non-hydrogen) atoms. The monoisotopic (exact) mass is 450 g/mol. The molecule has 6 heteroatoms. The summed E-state index contributed by atoms with van der Waals surface area (Å²) in [6, 6.07) is 18.4. The quantitative estimate of drug-likeness (QED) is 0.368. The summed E-state index contributed by atoms with van der Waals surface area (Å²) in [6.45, 7) is 4.17. The average Bonchev–Trinajstić information content (AvgIpc) is 3.33. The van der Waals surface area contributed by atoms with E-state index in [-0.39, 0.29) is 0 Å². The third kappa shape index (κ3) is 3.93. The SMILES string of the molecule is Cc1cccc(C)c1N=c1scc(-c2cccc(Br)c2)n1N=Cc1ccc[nH]1. The van der Waals surface area contributed by atoms with Crippen molar-refractivity contribution in [1.82, 2.24) is 9.66 Å². The van der Waals surface area contributed by atoms with Crippen LogP contribution in [0.2, 0.25) is 0 Å². The predicted molar refractivity (Wildman–Crippen MR) is 120 cm³/mol. The van der Waals surface area contributed by atoms with E-state index in [1.807, 2.05) is 41.4 Å². The molecule has 0 aliphatic heterocycles. The van der Waals surface area contributed by atoms with E-state index in [0.29, 0.717) is 0 Å². The summed E-state index contributed by atoms with van der Waals surface area (Å²) >= 11 is 5.14. The number of rotatable bonds is 4. The fraction of sp³-hybridized carbons (Fsp3) is 0.0909. The first-order valence-electron chi connectivity index (χ1n) is 8.87. The first kappa shape index (κ1) is 18.7. The van der Waals surface area contributed by atoms with Gasteiger partial charge in [-0.15, -0.1) is 11.3 Å². The summed E-state index contributed by atoms with van der Waals surface area (Å²) in [7, 11) is 0. The molecule has 0 spiro atoms. The second-order valence-corrected chi connectivity index (χ2v) is 8.20. The zero-order valence-electron chi connectivity index (χ0n) is 15.6. The zero-order valence-corrected chi connectivity index (χ0v) is 18.0. The molecule has 0 atom stereocenters. The highest BCUT2D eigenvalue weighted by Gasteiger charge is 2.09. The van der Waals surface area contributed by atoms with Crippen LogP contribution in [-0.4, -0.2) is 15.9 Å². The Bertz CT molecular complexity index is 1180. The van der Waals surface area contributed by atoms with Gasteiger partial charge in [-0.2, -0.15) is 5.10 Å². The number of halogens is 1. The van der Waals surface area contributed by atoms with Crippen molar-refractivity contribution in [2.45, 2.75) is 13.8 Å². The summed E-state index contributed by atoms with van der Waals surface area (Å²) in [5.41, 5.74) is 6.32. The van der Waals surface area contributed by atoms with Crippen LogP contribution >= 0.6 is 27.3 Å². The van der Waals surface area contributed by atoms with Crippen LogP contribution in [0.25, 0.3) is 11.3 Å². The highest BCUT2D eigenvalue weighted by Crippen LogP contribution is 2.26. The lowest BCUT2D eigenvalue weighted by atomic mass is 10.1. The molecular weight excluding hydrogens is 432 g/mol. The van der Waals surface area contributed by atoms with Gasteiger partial charge in [0.15, 0.2) is 0 Å². The molecule has 4 aromatic rings. The van der Waals surface area contributed by atoms with Crippen molar-refractivity contribution >= 4 is 39.2 Å². The average molecular weight is 451 g/mol. The van der Waals surface area contributed by atoms with Crippen LogP contribution in [0.4, 0.5) is 5.69 Å². The molecule has 2 heterocycles. The number of aryl methyl sites for hydroxylation is 2. The normalized spacial score (nSPS) is 12.2. The van der Waals surface area contributed by atoms with Crippen LogP contribution in [0.15, 0.2) is 80.7 Å². The highest BCUT2D eigenvalue weighted by molar-refractivity contribution is 9.10. The second-order valence-electron chi connectivity index (χ2n) is 6.45. The molecule has 0 aliphatic carbocycles. The number of aromatic nitrogens is 2. The van der Waals surface area contributed by atoms with Crippen molar-refractivity contribution in [3.8, 4) is 11.3 Å². The number of thiazole rings is 1. The maximum absolute atomic E-state index is 4.95. The van der Waals surface area contributed by atoms with Gasteiger partial charge in [0.2, 0.25) is 4.80 Å². The Hall–Kier alpha value is -2.70. The lowest BCUT2D eigenvalue weighted by molar-refractivity contribution is 0.853. The van der Waals surface area contributed by atoms with Crippen molar-refractivity contribution in [2.24, 2.45) is 10.1 Å². The second kappa shape index (κ2) is 8.12. The van der Waals surface area contributed by atoms with E-state index in [1.165, 1.54) is 0 Å². The number of H-pyrrole nitrogens is 1. The van der Waals surface area contributed by atoms with Crippen LogP contribution in [-0.2, 0) is 0 Å². The summed E-state index contributed by atoms with van der Waals surface area (Å²) in [4.78, 5) is 8.94. The molecule has 2 aromatic heterocycles. The number of hydrogen-bond donors (Lipinski definition) is 1. The van der Waals surface area contributed by atoms with Crippen molar-refractivity contribution < 1.29 is 0 Å². The maximum Gasteiger partial charge on any atom is 0.211 e. The van der Waals surface area contributed by atoms with Gasteiger partial charge < -0.3 is 4.98 Å². The Morgan fingerprint density at radius 1 is 1.04 bits per heavy atom. The van der Waals surface area contributed by atoms with Crippen LogP contribution in [0, 0.1) is 13.8 Å². The van der Waals surface area contributed by atoms with Gasteiger partial charge in [-0.3, -0.25) is 0 Å². The van der Waals surface area contributed by atoms with Crippen LogP contribution in [0.5, 0.6) is 0 Å². The number of nitrogens with one attached hydrogen (secondary N) is 1. The fourth-order valence-corrected chi connectivity index (χ4v) is 4.20. The molecule has 0 bridgehead atoms. The van der Waals surface area contributed by atoms with Gasteiger partial charge in [-0.25, -0.2) is 9.67 Å². The molecule has 0 fully saturated rings. The Balaban J connectivity index is 1.91. The first-order chi connectivity index (χ1) is 13.6. The Morgan fingerprint density at radius 2 is 1.82 bits per heavy atom. The Kier molecular flexibility index (Phi) is 5.41.